The molecule has 0 fully saturated rings. The van der Waals surface area contributed by atoms with Crippen molar-refractivity contribution < 1.29 is 19.4 Å². The van der Waals surface area contributed by atoms with E-state index < -0.39 is 5.78 Å². The Labute approximate surface area is 152 Å². The lowest BCUT2D eigenvalue weighted by molar-refractivity contribution is -0.104. The van der Waals surface area contributed by atoms with Crippen molar-refractivity contribution >= 4 is 33.6 Å². The lowest BCUT2D eigenvalue weighted by atomic mass is 9.93. The number of phenolic OH excluding ortho intramolecular Hbond substituents is 1. The number of benzene rings is 3. The van der Waals surface area contributed by atoms with Gasteiger partial charge in [0, 0.05) is 16.3 Å². The highest BCUT2D eigenvalue weighted by atomic mass is 16.5. The number of aromatic hydroxyl groups is 1. The number of carbonyl (C=O) groups excluding carboxylic acids is 2. The zero-order valence-electron chi connectivity index (χ0n) is 14.8. The molecule has 0 radical (unpaired) electrons. The maximum atomic E-state index is 12.3. The van der Waals surface area contributed by atoms with E-state index >= 15 is 0 Å². The van der Waals surface area contributed by atoms with Gasteiger partial charge in [-0.3, -0.25) is 9.59 Å². The second kappa shape index (κ2) is 8.00. The van der Waals surface area contributed by atoms with Gasteiger partial charge in [0.25, 0.3) is 0 Å². The van der Waals surface area contributed by atoms with Crippen molar-refractivity contribution in [1.29, 1.82) is 0 Å². The van der Waals surface area contributed by atoms with Gasteiger partial charge in [-0.25, -0.2) is 0 Å². The van der Waals surface area contributed by atoms with Crippen LogP contribution in [0.3, 0.4) is 0 Å². The van der Waals surface area contributed by atoms with Crippen LogP contribution < -0.4 is 4.74 Å². The van der Waals surface area contributed by atoms with Crippen molar-refractivity contribution in [3.05, 3.63) is 48.0 Å². The van der Waals surface area contributed by atoms with Crippen LogP contribution >= 0.6 is 0 Å². The summed E-state index contributed by atoms with van der Waals surface area (Å²) >= 11 is 0. The predicted molar refractivity (Wildman–Crippen MR) is 103 cm³/mol. The average Bonchev–Trinajstić information content (AvgIpc) is 2.67. The molecule has 0 saturated carbocycles. The molecule has 0 spiro atoms. The number of hydrogen-bond donors (Lipinski definition) is 1. The minimum Gasteiger partial charge on any atom is -0.507 e. The number of rotatable bonds is 8. The minimum absolute atomic E-state index is 0.0331. The van der Waals surface area contributed by atoms with Crippen LogP contribution in [0.2, 0.25) is 0 Å². The van der Waals surface area contributed by atoms with Crippen molar-refractivity contribution in [1.82, 2.24) is 0 Å². The third-order valence-corrected chi connectivity index (χ3v) is 4.57. The highest BCUT2D eigenvalue weighted by Gasteiger charge is 2.19. The fourth-order valence-electron chi connectivity index (χ4n) is 3.29. The fraction of sp³-hybridized carbons (Fsp3) is 0.273. The van der Waals surface area contributed by atoms with Crippen LogP contribution in [0.1, 0.15) is 43.0 Å². The first-order chi connectivity index (χ1) is 12.7. The van der Waals surface area contributed by atoms with Crippen LogP contribution in [0.4, 0.5) is 0 Å². The van der Waals surface area contributed by atoms with E-state index in [1.807, 2.05) is 18.2 Å². The van der Waals surface area contributed by atoms with Gasteiger partial charge in [-0.05, 0) is 35.4 Å². The summed E-state index contributed by atoms with van der Waals surface area (Å²) in [6.07, 6.45) is 4.67. The van der Waals surface area contributed by atoms with E-state index in [1.165, 1.54) is 12.5 Å². The maximum Gasteiger partial charge on any atom is 0.226 e. The molecule has 1 N–H and O–H groups in total. The van der Waals surface area contributed by atoms with E-state index in [1.54, 1.807) is 18.2 Å². The van der Waals surface area contributed by atoms with E-state index in [0.29, 0.717) is 34.8 Å². The molecule has 0 aliphatic heterocycles. The molecule has 0 atom stereocenters. The Morgan fingerprint density at radius 2 is 1.88 bits per heavy atom. The first-order valence-corrected chi connectivity index (χ1v) is 8.97. The second-order valence-corrected chi connectivity index (χ2v) is 6.37. The molecular formula is C22H22O4. The number of ether oxygens (including phenoxy) is 1. The molecule has 3 aromatic carbocycles. The van der Waals surface area contributed by atoms with Gasteiger partial charge in [0.15, 0.2) is 6.29 Å². The molecule has 3 aromatic rings. The van der Waals surface area contributed by atoms with Gasteiger partial charge in [0.05, 0.1) is 6.61 Å². The summed E-state index contributed by atoms with van der Waals surface area (Å²) in [6.45, 7) is 2.73. The number of Topliss-reactive ketones (excluding diaryl/α,β-unsaturated/α-hetero) is 1. The first-order valence-electron chi connectivity index (χ1n) is 8.97. The minimum atomic E-state index is -0.651. The molecule has 0 saturated heterocycles. The Hall–Kier alpha value is -2.88. The van der Waals surface area contributed by atoms with Gasteiger partial charge in [-0.15, -0.1) is 0 Å². The standard InChI is InChI=1S/C22H22O4/c1-2-3-4-7-12-26-20-11-10-18(24)22-17(20)13-15-8-5-6-9-16(15)21(22)19(25)14-23/h5-6,8-11,13-14,24H,2-4,7,12H2,1H3. The number of fused-ring (bicyclic) bond motifs is 2. The van der Waals surface area contributed by atoms with E-state index in [-0.39, 0.29) is 11.3 Å². The number of hydrogen-bond acceptors (Lipinski definition) is 4. The second-order valence-electron chi connectivity index (χ2n) is 6.37. The Morgan fingerprint density at radius 3 is 2.65 bits per heavy atom. The van der Waals surface area contributed by atoms with Crippen molar-refractivity contribution in [2.75, 3.05) is 6.61 Å². The first kappa shape index (κ1) is 17.9. The number of carbonyl (C=O) groups is 2. The summed E-state index contributed by atoms with van der Waals surface area (Å²) in [6, 6.07) is 12.5. The largest absolute Gasteiger partial charge is 0.507 e. The summed E-state index contributed by atoms with van der Waals surface area (Å²) in [4.78, 5) is 23.5. The molecule has 0 heterocycles. The molecule has 0 aliphatic rings. The molecule has 0 aromatic heterocycles. The Morgan fingerprint density at radius 1 is 1.08 bits per heavy atom. The van der Waals surface area contributed by atoms with Crippen molar-refractivity contribution in [2.24, 2.45) is 0 Å². The van der Waals surface area contributed by atoms with Gasteiger partial charge >= 0.3 is 0 Å². The normalized spacial score (nSPS) is 11.0. The number of aldehydes is 1. The quantitative estimate of drug-likeness (QED) is 0.203. The van der Waals surface area contributed by atoms with Crippen LogP contribution in [0.25, 0.3) is 21.5 Å². The highest BCUT2D eigenvalue weighted by Crippen LogP contribution is 2.39. The molecule has 0 aliphatic carbocycles. The van der Waals surface area contributed by atoms with Gasteiger partial charge in [-0.2, -0.15) is 0 Å². The van der Waals surface area contributed by atoms with Crippen LogP contribution in [0.15, 0.2) is 42.5 Å². The fourth-order valence-corrected chi connectivity index (χ4v) is 3.29. The smallest absolute Gasteiger partial charge is 0.226 e. The average molecular weight is 350 g/mol. The van der Waals surface area contributed by atoms with Crippen LogP contribution in [-0.2, 0) is 4.79 Å². The number of phenols is 1. The summed E-state index contributed by atoms with van der Waals surface area (Å²) in [7, 11) is 0. The molecule has 134 valence electrons. The predicted octanol–water partition coefficient (Wildman–Crippen LogP) is 5.04. The molecule has 0 amide bonds. The van der Waals surface area contributed by atoms with E-state index in [9.17, 15) is 14.7 Å². The molecule has 3 rings (SSSR count). The van der Waals surface area contributed by atoms with E-state index in [0.717, 1.165) is 24.6 Å². The van der Waals surface area contributed by atoms with Crippen LogP contribution in [0, 0.1) is 0 Å². The van der Waals surface area contributed by atoms with Gasteiger partial charge in [0.2, 0.25) is 5.78 Å². The molecular weight excluding hydrogens is 328 g/mol. The lowest BCUT2D eigenvalue weighted by Gasteiger charge is -2.14. The SMILES string of the molecule is CCCCCCOc1ccc(O)c2c(C(=O)C=O)c3ccccc3cc12. The Kier molecular flexibility index (Phi) is 5.52. The maximum absolute atomic E-state index is 12.3. The zero-order valence-corrected chi connectivity index (χ0v) is 14.8. The monoisotopic (exact) mass is 350 g/mol. The van der Waals surface area contributed by atoms with Gasteiger partial charge in [0.1, 0.15) is 11.5 Å². The molecule has 0 bridgehead atoms. The third-order valence-electron chi connectivity index (χ3n) is 4.57. The molecule has 4 nitrogen and oxygen atoms in total. The summed E-state index contributed by atoms with van der Waals surface area (Å²) in [5.74, 6) is -0.0727. The van der Waals surface area contributed by atoms with Crippen LogP contribution in [-0.4, -0.2) is 23.8 Å². The van der Waals surface area contributed by atoms with Gasteiger partial charge in [-0.1, -0.05) is 50.5 Å². The highest BCUT2D eigenvalue weighted by molar-refractivity contribution is 6.40. The summed E-state index contributed by atoms with van der Waals surface area (Å²) in [5, 5.41) is 12.9. The molecule has 26 heavy (non-hydrogen) atoms. The van der Waals surface area contributed by atoms with Crippen molar-refractivity contribution in [3.63, 3.8) is 0 Å². The zero-order chi connectivity index (χ0) is 18.5. The number of ketones is 1. The lowest BCUT2D eigenvalue weighted by Crippen LogP contribution is -2.04. The number of unbranched alkanes of at least 4 members (excludes halogenated alkanes) is 3. The van der Waals surface area contributed by atoms with Crippen molar-refractivity contribution in [2.45, 2.75) is 32.6 Å². The summed E-state index contributed by atoms with van der Waals surface area (Å²) < 4.78 is 5.93. The molecule has 4 heteroatoms. The Bertz CT molecular complexity index is 959. The van der Waals surface area contributed by atoms with Crippen molar-refractivity contribution in [3.8, 4) is 11.5 Å². The van der Waals surface area contributed by atoms with Gasteiger partial charge < -0.3 is 9.84 Å². The third kappa shape index (κ3) is 3.40. The van der Waals surface area contributed by atoms with Crippen LogP contribution in [0.5, 0.6) is 11.5 Å². The topological polar surface area (TPSA) is 63.6 Å². The molecule has 0 unspecified atom stereocenters. The summed E-state index contributed by atoms with van der Waals surface area (Å²) in [5.41, 5.74) is 0.224. The Balaban J connectivity index is 2.14. The van der Waals surface area contributed by atoms with E-state index in [2.05, 4.69) is 6.92 Å². The van der Waals surface area contributed by atoms with E-state index in [4.69, 9.17) is 4.74 Å².